The molecule has 0 aliphatic carbocycles. The molecule has 55 valence electrons. The summed E-state index contributed by atoms with van der Waals surface area (Å²) in [7, 11) is 0. The second-order valence-corrected chi connectivity index (χ2v) is 12.8. The SMILES string of the molecule is C[C](C)(C)[GeH][C](C)(C)C. The first-order valence-corrected chi connectivity index (χ1v) is 6.00. The van der Waals surface area contributed by atoms with E-state index in [-0.39, 0.29) is 15.4 Å². The molecule has 0 aliphatic heterocycles. The fraction of sp³-hybridized carbons (Fsp3) is 1.00. The monoisotopic (exact) mass is 189 g/mol. The fourth-order valence-electron chi connectivity index (χ4n) is 1.30. The van der Waals surface area contributed by atoms with Crippen LogP contribution in [0.5, 0.6) is 0 Å². The molecule has 0 aromatic heterocycles. The normalized spacial score (nSPS) is 14.0. The number of rotatable bonds is 0. The van der Waals surface area contributed by atoms with Gasteiger partial charge in [-0.15, -0.1) is 0 Å². The van der Waals surface area contributed by atoms with Crippen molar-refractivity contribution in [3.63, 3.8) is 0 Å². The van der Waals surface area contributed by atoms with Crippen LogP contribution < -0.4 is 0 Å². The zero-order valence-electron chi connectivity index (χ0n) is 7.58. The van der Waals surface area contributed by atoms with Crippen LogP contribution in [0.1, 0.15) is 41.5 Å². The molecule has 0 atom stereocenters. The van der Waals surface area contributed by atoms with Crippen LogP contribution in [0.15, 0.2) is 0 Å². The van der Waals surface area contributed by atoms with E-state index < -0.39 is 0 Å². The Bertz CT molecular complexity index is 69.7. The molecule has 0 N–H and O–H groups in total. The standard InChI is InChI=1S/C8H19Ge/c1-7(2,3)9-8(4,5)6/h9H,1-6H3. The van der Waals surface area contributed by atoms with E-state index in [1.807, 2.05) is 0 Å². The van der Waals surface area contributed by atoms with Gasteiger partial charge in [-0.1, -0.05) is 0 Å². The van der Waals surface area contributed by atoms with Gasteiger partial charge in [0.2, 0.25) is 0 Å². The van der Waals surface area contributed by atoms with Crippen LogP contribution in [-0.4, -0.2) is 15.4 Å². The Morgan fingerprint density at radius 3 is 0.889 bits per heavy atom. The molecule has 0 saturated heterocycles. The summed E-state index contributed by atoms with van der Waals surface area (Å²) in [5.41, 5.74) is 0. The summed E-state index contributed by atoms with van der Waals surface area (Å²) in [6, 6.07) is 0. The maximum atomic E-state index is 2.36. The van der Waals surface area contributed by atoms with E-state index in [1.54, 1.807) is 0 Å². The Hall–Kier alpha value is 0.543. The summed E-state index contributed by atoms with van der Waals surface area (Å²) in [6.45, 7) is 14.2. The molecule has 0 saturated carbocycles. The Morgan fingerprint density at radius 2 is 0.889 bits per heavy atom. The van der Waals surface area contributed by atoms with Crippen molar-refractivity contribution in [3.05, 3.63) is 0 Å². The Labute approximate surface area is 65.9 Å². The van der Waals surface area contributed by atoms with Crippen LogP contribution >= 0.6 is 0 Å². The summed E-state index contributed by atoms with van der Waals surface area (Å²) in [5, 5.41) is 0. The Kier molecular flexibility index (Phi) is 2.81. The first-order valence-electron chi connectivity index (χ1n) is 3.58. The zero-order chi connectivity index (χ0) is 7.71. The van der Waals surface area contributed by atoms with E-state index in [9.17, 15) is 0 Å². The van der Waals surface area contributed by atoms with Gasteiger partial charge in [-0.25, -0.2) is 0 Å². The molecule has 0 bridgehead atoms. The van der Waals surface area contributed by atoms with Crippen molar-refractivity contribution < 1.29 is 0 Å². The van der Waals surface area contributed by atoms with Gasteiger partial charge in [0.1, 0.15) is 0 Å². The molecule has 1 radical (unpaired) electrons. The molecule has 1 heteroatoms. The summed E-state index contributed by atoms with van der Waals surface area (Å²) in [4.78, 5) is 0. The van der Waals surface area contributed by atoms with Crippen molar-refractivity contribution in [1.29, 1.82) is 0 Å². The fourth-order valence-corrected chi connectivity index (χ4v) is 6.75. The molecule has 0 unspecified atom stereocenters. The van der Waals surface area contributed by atoms with E-state index in [4.69, 9.17) is 0 Å². The van der Waals surface area contributed by atoms with Gasteiger partial charge in [-0.3, -0.25) is 0 Å². The second-order valence-electron chi connectivity index (χ2n) is 4.88. The molecule has 0 nitrogen and oxygen atoms in total. The third-order valence-electron chi connectivity index (χ3n) is 0.866. The van der Waals surface area contributed by atoms with E-state index in [0.29, 0.717) is 8.49 Å². The van der Waals surface area contributed by atoms with Crippen LogP contribution in [0, 0.1) is 0 Å². The van der Waals surface area contributed by atoms with Gasteiger partial charge in [-0.05, 0) is 0 Å². The van der Waals surface area contributed by atoms with Gasteiger partial charge >= 0.3 is 65.5 Å². The van der Waals surface area contributed by atoms with Gasteiger partial charge in [0.25, 0.3) is 0 Å². The molecular weight excluding hydrogens is 169 g/mol. The molecule has 0 aliphatic rings. The van der Waals surface area contributed by atoms with Gasteiger partial charge in [0.15, 0.2) is 0 Å². The Balaban J connectivity index is 3.75. The molecule has 0 amide bonds. The van der Waals surface area contributed by atoms with Crippen molar-refractivity contribution in [3.8, 4) is 0 Å². The molecule has 0 heterocycles. The quantitative estimate of drug-likeness (QED) is 0.512. The van der Waals surface area contributed by atoms with Crippen LogP contribution in [0.3, 0.4) is 0 Å². The first-order chi connectivity index (χ1) is 3.71. The molecule has 0 spiro atoms. The maximum absolute atomic E-state index is 2.36. The van der Waals surface area contributed by atoms with Crippen LogP contribution in [-0.2, 0) is 0 Å². The first kappa shape index (κ1) is 9.54. The van der Waals surface area contributed by atoms with Crippen LogP contribution in [0.4, 0.5) is 0 Å². The molecular formula is C8H19Ge. The molecule has 0 rings (SSSR count). The van der Waals surface area contributed by atoms with Crippen LogP contribution in [0.25, 0.3) is 0 Å². The molecule has 9 heavy (non-hydrogen) atoms. The minimum absolute atomic E-state index is 0.0625. The van der Waals surface area contributed by atoms with E-state index >= 15 is 0 Å². The van der Waals surface area contributed by atoms with Crippen molar-refractivity contribution in [2.24, 2.45) is 0 Å². The summed E-state index contributed by atoms with van der Waals surface area (Å²) in [5.74, 6) is 0. The van der Waals surface area contributed by atoms with E-state index in [2.05, 4.69) is 41.5 Å². The molecule has 0 fully saturated rings. The minimum atomic E-state index is -0.0625. The van der Waals surface area contributed by atoms with Gasteiger partial charge in [0, 0.05) is 0 Å². The second kappa shape index (κ2) is 2.65. The van der Waals surface area contributed by atoms with Crippen molar-refractivity contribution in [1.82, 2.24) is 0 Å². The third-order valence-corrected chi connectivity index (χ3v) is 4.50. The summed E-state index contributed by atoms with van der Waals surface area (Å²) >= 11 is -0.0625. The third kappa shape index (κ3) is 8.54. The zero-order valence-corrected chi connectivity index (χ0v) is 10.0. The average Bonchev–Trinajstić information content (AvgIpc) is 1.14. The van der Waals surface area contributed by atoms with Crippen LogP contribution in [0.2, 0.25) is 8.49 Å². The van der Waals surface area contributed by atoms with Crippen molar-refractivity contribution in [2.75, 3.05) is 0 Å². The van der Waals surface area contributed by atoms with Crippen molar-refractivity contribution in [2.45, 2.75) is 50.0 Å². The van der Waals surface area contributed by atoms with Gasteiger partial charge < -0.3 is 0 Å². The topological polar surface area (TPSA) is 0 Å². The van der Waals surface area contributed by atoms with E-state index in [0.717, 1.165) is 0 Å². The average molecular weight is 188 g/mol. The number of hydrogen-bond donors (Lipinski definition) is 0. The van der Waals surface area contributed by atoms with Crippen molar-refractivity contribution >= 4 is 15.4 Å². The van der Waals surface area contributed by atoms with Gasteiger partial charge in [0.05, 0.1) is 0 Å². The Morgan fingerprint density at radius 1 is 0.667 bits per heavy atom. The van der Waals surface area contributed by atoms with Gasteiger partial charge in [-0.2, -0.15) is 0 Å². The predicted molar refractivity (Wildman–Crippen MR) is 46.6 cm³/mol. The summed E-state index contributed by atoms with van der Waals surface area (Å²) < 4.78 is 1.28. The van der Waals surface area contributed by atoms with E-state index in [1.165, 1.54) is 0 Å². The molecule has 0 aromatic carbocycles. The predicted octanol–water partition coefficient (Wildman–Crippen LogP) is 2.86. The summed E-state index contributed by atoms with van der Waals surface area (Å²) in [6.07, 6.45) is 0. The number of hydrogen-bond acceptors (Lipinski definition) is 0. The molecule has 0 aromatic rings.